The highest BCUT2D eigenvalue weighted by molar-refractivity contribution is 7.14. The molecule has 3 nitrogen and oxygen atoms in total. The number of allylic oxidation sites excluding steroid dienone is 2. The monoisotopic (exact) mass is 243 g/mol. The van der Waals surface area contributed by atoms with Crippen LogP contribution in [0.2, 0.25) is 0 Å². The molecule has 0 aliphatic carbocycles. The first kappa shape index (κ1) is 11.5. The number of aromatic nitrogens is 1. The highest BCUT2D eigenvalue weighted by Gasteiger charge is 2.02. The predicted octanol–water partition coefficient (Wildman–Crippen LogP) is 3.78. The largest absolute Gasteiger partial charge is 0.253 e. The van der Waals surface area contributed by atoms with Crippen molar-refractivity contribution in [2.45, 2.75) is 6.92 Å². The van der Waals surface area contributed by atoms with Crippen molar-refractivity contribution in [1.82, 2.24) is 4.98 Å². The maximum Gasteiger partial charge on any atom is 0.203 e. The molecule has 0 aliphatic heterocycles. The van der Waals surface area contributed by atoms with Crippen LogP contribution in [-0.4, -0.2) is 11.2 Å². The third kappa shape index (κ3) is 3.26. The van der Waals surface area contributed by atoms with E-state index in [9.17, 15) is 0 Å². The molecule has 0 atom stereocenters. The average molecular weight is 243 g/mol. The van der Waals surface area contributed by atoms with Crippen LogP contribution in [0.4, 0.5) is 5.13 Å². The summed E-state index contributed by atoms with van der Waals surface area (Å²) in [5, 5.41) is 6.84. The van der Waals surface area contributed by atoms with Crippen molar-refractivity contribution in [3.63, 3.8) is 0 Å². The fourth-order valence-corrected chi connectivity index (χ4v) is 1.96. The number of thiazole rings is 1. The Morgan fingerprint density at radius 3 is 2.88 bits per heavy atom. The molecular weight excluding hydrogens is 230 g/mol. The third-order valence-corrected chi connectivity index (χ3v) is 2.83. The van der Waals surface area contributed by atoms with Crippen molar-refractivity contribution in [2.24, 2.45) is 5.10 Å². The Balaban J connectivity index is 2.06. The summed E-state index contributed by atoms with van der Waals surface area (Å²) in [7, 11) is 0. The zero-order chi connectivity index (χ0) is 11.9. The minimum absolute atomic E-state index is 0.796. The highest BCUT2D eigenvalue weighted by Crippen LogP contribution is 2.24. The highest BCUT2D eigenvalue weighted by atomic mass is 32.1. The van der Waals surface area contributed by atoms with E-state index in [1.54, 1.807) is 17.6 Å². The number of hydrazone groups is 1. The van der Waals surface area contributed by atoms with E-state index in [-0.39, 0.29) is 0 Å². The van der Waals surface area contributed by atoms with Gasteiger partial charge in [-0.1, -0.05) is 36.4 Å². The second kappa shape index (κ2) is 5.96. The first-order valence-corrected chi connectivity index (χ1v) is 6.19. The van der Waals surface area contributed by atoms with Crippen molar-refractivity contribution in [1.29, 1.82) is 0 Å². The molecule has 1 aromatic carbocycles. The molecule has 0 saturated heterocycles. The van der Waals surface area contributed by atoms with Gasteiger partial charge in [0, 0.05) is 17.2 Å². The number of hydrogen-bond donors (Lipinski definition) is 1. The van der Waals surface area contributed by atoms with E-state index in [2.05, 4.69) is 15.5 Å². The van der Waals surface area contributed by atoms with E-state index in [4.69, 9.17) is 0 Å². The molecule has 0 fully saturated rings. The van der Waals surface area contributed by atoms with Crippen LogP contribution >= 0.6 is 11.3 Å². The molecule has 1 aromatic heterocycles. The molecule has 1 heterocycles. The van der Waals surface area contributed by atoms with E-state index in [1.807, 2.05) is 54.8 Å². The molecule has 0 unspecified atom stereocenters. The van der Waals surface area contributed by atoms with Crippen LogP contribution in [0.1, 0.15) is 6.92 Å². The van der Waals surface area contributed by atoms with Crippen LogP contribution in [0, 0.1) is 0 Å². The van der Waals surface area contributed by atoms with Crippen LogP contribution in [-0.2, 0) is 0 Å². The molecule has 0 spiro atoms. The van der Waals surface area contributed by atoms with Gasteiger partial charge in [-0.15, -0.1) is 11.3 Å². The number of benzene rings is 1. The molecule has 0 aliphatic rings. The zero-order valence-electron chi connectivity index (χ0n) is 9.50. The lowest BCUT2D eigenvalue weighted by molar-refractivity contribution is 1.29. The van der Waals surface area contributed by atoms with Gasteiger partial charge in [0.2, 0.25) is 5.13 Å². The summed E-state index contributed by atoms with van der Waals surface area (Å²) in [5.74, 6) is 0. The second-order valence-corrected chi connectivity index (χ2v) is 4.18. The van der Waals surface area contributed by atoms with Gasteiger partial charge in [0.25, 0.3) is 0 Å². The van der Waals surface area contributed by atoms with Gasteiger partial charge in [-0.05, 0) is 13.0 Å². The Kier molecular flexibility index (Phi) is 4.05. The lowest BCUT2D eigenvalue weighted by atomic mass is 10.2. The Bertz CT molecular complexity index is 514. The lowest BCUT2D eigenvalue weighted by Gasteiger charge is -1.94. The van der Waals surface area contributed by atoms with Crippen LogP contribution in [0.15, 0.2) is 53.0 Å². The second-order valence-electron chi connectivity index (χ2n) is 3.32. The van der Waals surface area contributed by atoms with Gasteiger partial charge < -0.3 is 0 Å². The molecule has 4 heteroatoms. The van der Waals surface area contributed by atoms with Gasteiger partial charge >= 0.3 is 0 Å². The molecule has 86 valence electrons. The van der Waals surface area contributed by atoms with Gasteiger partial charge in [-0.2, -0.15) is 5.10 Å². The summed E-state index contributed by atoms with van der Waals surface area (Å²) >= 11 is 1.54. The topological polar surface area (TPSA) is 37.3 Å². The summed E-state index contributed by atoms with van der Waals surface area (Å²) < 4.78 is 0. The van der Waals surface area contributed by atoms with Crippen molar-refractivity contribution >= 4 is 22.7 Å². The standard InChI is InChI=1S/C13H13N3S/c1-2-3-9-14-16-13-15-12(10-17-13)11-7-5-4-6-8-11/h2-10H,1H3,(H,15,16)/b3-2+,14-9+. The maximum absolute atomic E-state index is 4.45. The molecule has 0 saturated carbocycles. The minimum atomic E-state index is 0.796. The van der Waals surface area contributed by atoms with Gasteiger partial charge in [-0.3, -0.25) is 5.43 Å². The summed E-state index contributed by atoms with van der Waals surface area (Å²) in [6.45, 7) is 1.95. The Labute approximate surface area is 105 Å². The zero-order valence-corrected chi connectivity index (χ0v) is 10.3. The van der Waals surface area contributed by atoms with E-state index >= 15 is 0 Å². The lowest BCUT2D eigenvalue weighted by Crippen LogP contribution is -1.87. The summed E-state index contributed by atoms with van der Waals surface area (Å²) in [5.41, 5.74) is 4.99. The quantitative estimate of drug-likeness (QED) is 0.655. The summed E-state index contributed by atoms with van der Waals surface area (Å²) in [6, 6.07) is 10.1. The van der Waals surface area contributed by atoms with Gasteiger partial charge in [-0.25, -0.2) is 4.98 Å². The number of hydrogen-bond acceptors (Lipinski definition) is 4. The van der Waals surface area contributed by atoms with Gasteiger partial charge in [0.1, 0.15) is 0 Å². The molecule has 17 heavy (non-hydrogen) atoms. The fraction of sp³-hybridized carbons (Fsp3) is 0.0769. The van der Waals surface area contributed by atoms with E-state index in [0.29, 0.717) is 0 Å². The van der Waals surface area contributed by atoms with Crippen molar-refractivity contribution in [2.75, 3.05) is 5.43 Å². The van der Waals surface area contributed by atoms with Crippen molar-refractivity contribution in [3.05, 3.63) is 47.9 Å². The number of rotatable bonds is 4. The van der Waals surface area contributed by atoms with Gasteiger partial charge in [0.15, 0.2) is 0 Å². The summed E-state index contributed by atoms with van der Waals surface area (Å²) in [6.07, 6.45) is 5.48. The minimum Gasteiger partial charge on any atom is -0.253 e. The molecule has 2 rings (SSSR count). The fourth-order valence-electron chi connectivity index (χ4n) is 1.29. The van der Waals surface area contributed by atoms with Crippen LogP contribution < -0.4 is 5.43 Å². The molecule has 0 bridgehead atoms. The summed E-state index contributed by atoms with van der Waals surface area (Å²) in [4.78, 5) is 4.45. The predicted molar refractivity (Wildman–Crippen MR) is 74.5 cm³/mol. The molecule has 0 amide bonds. The normalized spacial score (nSPS) is 11.4. The van der Waals surface area contributed by atoms with Crippen LogP contribution in [0.5, 0.6) is 0 Å². The number of anilines is 1. The Hall–Kier alpha value is -1.94. The molecule has 2 aromatic rings. The molecule has 1 N–H and O–H groups in total. The first-order chi connectivity index (χ1) is 8.40. The first-order valence-electron chi connectivity index (χ1n) is 5.31. The smallest absolute Gasteiger partial charge is 0.203 e. The average Bonchev–Trinajstić information content (AvgIpc) is 2.85. The van der Waals surface area contributed by atoms with E-state index in [1.165, 1.54) is 0 Å². The van der Waals surface area contributed by atoms with E-state index in [0.717, 1.165) is 16.4 Å². The van der Waals surface area contributed by atoms with Crippen LogP contribution in [0.3, 0.4) is 0 Å². The third-order valence-electron chi connectivity index (χ3n) is 2.09. The van der Waals surface area contributed by atoms with Gasteiger partial charge in [0.05, 0.1) is 5.69 Å². The van der Waals surface area contributed by atoms with Crippen LogP contribution in [0.25, 0.3) is 11.3 Å². The number of nitrogens with one attached hydrogen (secondary N) is 1. The van der Waals surface area contributed by atoms with Crippen molar-refractivity contribution < 1.29 is 0 Å². The molecular formula is C13H13N3S. The number of nitrogens with zero attached hydrogens (tertiary/aromatic N) is 2. The Morgan fingerprint density at radius 1 is 1.29 bits per heavy atom. The van der Waals surface area contributed by atoms with Crippen molar-refractivity contribution in [3.8, 4) is 11.3 Å². The SMILES string of the molecule is C/C=C/C=N/Nc1nc(-c2ccccc2)cs1. The molecule has 0 radical (unpaired) electrons. The maximum atomic E-state index is 4.45. The van der Waals surface area contributed by atoms with E-state index < -0.39 is 0 Å². The Morgan fingerprint density at radius 2 is 2.12 bits per heavy atom.